The number of ketones is 2. The van der Waals surface area contributed by atoms with Crippen LogP contribution in [0, 0.1) is 22.7 Å². The van der Waals surface area contributed by atoms with Crippen molar-refractivity contribution < 1.29 is 19.8 Å². The van der Waals surface area contributed by atoms with Gasteiger partial charge in [-0.15, -0.1) is 0 Å². The van der Waals surface area contributed by atoms with Crippen molar-refractivity contribution in [3.05, 3.63) is 64.6 Å². The fourth-order valence-corrected chi connectivity index (χ4v) is 6.58. The average molecular weight is 464 g/mol. The van der Waals surface area contributed by atoms with Gasteiger partial charge in [0.25, 0.3) is 0 Å². The monoisotopic (exact) mass is 463 g/mol. The molecule has 0 aromatic heterocycles. The highest BCUT2D eigenvalue weighted by Crippen LogP contribution is 2.62. The van der Waals surface area contributed by atoms with E-state index in [4.69, 9.17) is 0 Å². The molecule has 34 heavy (non-hydrogen) atoms. The molecule has 0 radical (unpaired) electrons. The van der Waals surface area contributed by atoms with E-state index in [2.05, 4.69) is 39.1 Å². The topological polar surface area (TPSA) is 86.6 Å². The Bertz CT molecular complexity index is 1080. The third-order valence-electron chi connectivity index (χ3n) is 9.13. The number of aliphatic hydroxyl groups excluding tert-OH is 1. The summed E-state index contributed by atoms with van der Waals surface area (Å²) < 4.78 is 0. The molecule has 3 aliphatic rings. The van der Waals surface area contributed by atoms with E-state index < -0.39 is 11.6 Å². The van der Waals surface area contributed by atoms with E-state index in [0.29, 0.717) is 36.9 Å². The van der Waals surface area contributed by atoms with Crippen LogP contribution in [-0.2, 0) is 16.0 Å². The summed E-state index contributed by atoms with van der Waals surface area (Å²) in [5.74, 6) is -0.240. The van der Waals surface area contributed by atoms with E-state index in [1.165, 1.54) is 11.6 Å². The van der Waals surface area contributed by atoms with Gasteiger partial charge in [-0.1, -0.05) is 44.6 Å². The highest BCUT2D eigenvalue weighted by Gasteiger charge is 2.54. The smallest absolute Gasteiger partial charge is 0.232 e. The Morgan fingerprint density at radius 1 is 1.09 bits per heavy atom. The molecule has 5 nitrogen and oxygen atoms in total. The lowest BCUT2D eigenvalue weighted by Crippen LogP contribution is -2.50. The number of aromatic hydroxyl groups is 1. The van der Waals surface area contributed by atoms with Crippen molar-refractivity contribution in [2.45, 2.75) is 66.2 Å². The molecule has 5 heteroatoms. The van der Waals surface area contributed by atoms with Crippen molar-refractivity contribution in [1.29, 1.82) is 0 Å². The summed E-state index contributed by atoms with van der Waals surface area (Å²) in [6.45, 7) is 9.59. The lowest BCUT2D eigenvalue weighted by Gasteiger charge is -2.58. The van der Waals surface area contributed by atoms with E-state index in [1.807, 2.05) is 12.1 Å². The molecule has 0 unspecified atom stereocenters. The van der Waals surface area contributed by atoms with Crippen molar-refractivity contribution >= 4 is 11.6 Å². The molecule has 4 rings (SSSR count). The average Bonchev–Trinajstić information content (AvgIpc) is 2.80. The number of phenols is 1. The first-order valence-electron chi connectivity index (χ1n) is 12.5. The van der Waals surface area contributed by atoms with Crippen LogP contribution in [0.2, 0.25) is 0 Å². The zero-order chi connectivity index (χ0) is 24.7. The molecule has 0 amide bonds. The molecule has 1 saturated carbocycles. The van der Waals surface area contributed by atoms with Gasteiger partial charge in [-0.05, 0) is 85.8 Å². The maximum Gasteiger partial charge on any atom is 0.232 e. The largest absolute Gasteiger partial charge is 0.508 e. The molecule has 0 bridgehead atoms. The number of fused-ring (bicyclic) bond motifs is 1. The number of allylic oxidation sites excluding steroid dienone is 4. The van der Waals surface area contributed by atoms with Crippen LogP contribution in [-0.4, -0.2) is 28.3 Å². The van der Waals surface area contributed by atoms with E-state index in [1.54, 1.807) is 12.1 Å². The Balaban J connectivity index is 1.57. The minimum atomic E-state index is -0.578. The maximum atomic E-state index is 13.0. The van der Waals surface area contributed by atoms with Gasteiger partial charge in [0.2, 0.25) is 11.6 Å². The second-order valence-corrected chi connectivity index (χ2v) is 11.0. The molecular formula is C29H37NO4. The molecule has 3 aliphatic carbocycles. The summed E-state index contributed by atoms with van der Waals surface area (Å²) in [7, 11) is 0. The van der Waals surface area contributed by atoms with Crippen LogP contribution in [0.25, 0.3) is 0 Å². The lowest BCUT2D eigenvalue weighted by atomic mass is 9.46. The van der Waals surface area contributed by atoms with Crippen LogP contribution in [0.3, 0.4) is 0 Å². The number of phenolic OH excluding ortho intramolecular Hbond substituents is 1. The van der Waals surface area contributed by atoms with Gasteiger partial charge in [-0.2, -0.15) is 0 Å². The van der Waals surface area contributed by atoms with Gasteiger partial charge in [-0.3, -0.25) is 9.59 Å². The molecule has 182 valence electrons. The van der Waals surface area contributed by atoms with Gasteiger partial charge in [0.15, 0.2) is 0 Å². The van der Waals surface area contributed by atoms with Gasteiger partial charge >= 0.3 is 0 Å². The number of aliphatic hydroxyl groups is 1. The lowest BCUT2D eigenvalue weighted by molar-refractivity contribution is -0.132. The number of carbonyl (C=O) groups excluding carboxylic acids is 2. The Morgan fingerprint density at radius 2 is 1.79 bits per heavy atom. The van der Waals surface area contributed by atoms with E-state index in [-0.39, 0.29) is 27.9 Å². The van der Waals surface area contributed by atoms with E-state index in [0.717, 1.165) is 31.2 Å². The van der Waals surface area contributed by atoms with Gasteiger partial charge in [0, 0.05) is 18.2 Å². The minimum absolute atomic E-state index is 0.0842. The molecule has 4 atom stereocenters. The number of rotatable bonds is 6. The summed E-state index contributed by atoms with van der Waals surface area (Å²) in [5.41, 5.74) is 2.95. The highest BCUT2D eigenvalue weighted by molar-refractivity contribution is 6.48. The Morgan fingerprint density at radius 3 is 2.50 bits per heavy atom. The van der Waals surface area contributed by atoms with Crippen molar-refractivity contribution in [2.75, 3.05) is 6.54 Å². The summed E-state index contributed by atoms with van der Waals surface area (Å²) in [6, 6.07) is 6.94. The fourth-order valence-electron chi connectivity index (χ4n) is 6.58. The van der Waals surface area contributed by atoms with Gasteiger partial charge in [0.05, 0.1) is 5.70 Å². The first-order chi connectivity index (χ1) is 16.1. The van der Waals surface area contributed by atoms with Gasteiger partial charge < -0.3 is 15.5 Å². The highest BCUT2D eigenvalue weighted by atomic mass is 16.3. The van der Waals surface area contributed by atoms with E-state index in [9.17, 15) is 19.8 Å². The molecule has 0 saturated heterocycles. The maximum absolute atomic E-state index is 13.0. The Kier molecular flexibility index (Phi) is 6.50. The Labute approximate surface area is 202 Å². The molecule has 0 aliphatic heterocycles. The molecule has 3 N–H and O–H groups in total. The number of carbonyl (C=O) groups is 2. The Hall–Kier alpha value is -2.82. The molecule has 1 aromatic rings. The van der Waals surface area contributed by atoms with Crippen LogP contribution in [0.15, 0.2) is 59.0 Å². The van der Waals surface area contributed by atoms with Crippen LogP contribution < -0.4 is 5.32 Å². The second-order valence-electron chi connectivity index (χ2n) is 11.0. The summed E-state index contributed by atoms with van der Waals surface area (Å²) in [5, 5.41) is 23.7. The fraction of sp³-hybridized carbons (Fsp3) is 0.517. The molecular weight excluding hydrogens is 426 g/mol. The third-order valence-corrected chi connectivity index (χ3v) is 9.13. The zero-order valence-corrected chi connectivity index (χ0v) is 20.8. The van der Waals surface area contributed by atoms with Crippen LogP contribution in [0.1, 0.15) is 65.4 Å². The molecule has 0 heterocycles. The van der Waals surface area contributed by atoms with Crippen LogP contribution in [0.5, 0.6) is 5.75 Å². The predicted octanol–water partition coefficient (Wildman–Crippen LogP) is 5.56. The first kappa shape index (κ1) is 24.3. The van der Waals surface area contributed by atoms with E-state index >= 15 is 0 Å². The minimum Gasteiger partial charge on any atom is -0.508 e. The number of benzene rings is 1. The standard InChI is InChI=1S/C29H37NO4/c1-18-6-5-7-25-28(18,3)14-12-19(2)29(25,4)17-22-26(33)23(16-24(32)27(22)34)30-15-13-20-8-10-21(31)11-9-20/h6,8-11,16,19,25,30-31,33H,5,7,12-15,17H2,1-4H3/t19-,25+,28+,29+/m0/s1. The van der Waals surface area contributed by atoms with Gasteiger partial charge in [0.1, 0.15) is 11.5 Å². The SMILES string of the molecule is CC1=CCC[C@H]2[C@](C)(CC3=C(O)C(NCCc4ccc(O)cc4)=CC(=O)C3=O)[C@@H](C)CC[C@]12C. The molecule has 0 spiro atoms. The number of Topliss-reactive ketones (excluding diaryl/α,β-unsaturated/α-hetero) is 1. The summed E-state index contributed by atoms with van der Waals surface area (Å²) in [4.78, 5) is 25.6. The second kappa shape index (κ2) is 9.09. The van der Waals surface area contributed by atoms with Crippen LogP contribution in [0.4, 0.5) is 0 Å². The van der Waals surface area contributed by atoms with Crippen molar-refractivity contribution in [1.82, 2.24) is 5.32 Å². The van der Waals surface area contributed by atoms with Crippen molar-refractivity contribution in [3.8, 4) is 5.75 Å². The summed E-state index contributed by atoms with van der Waals surface area (Å²) in [6.07, 6.45) is 8.96. The molecule has 1 aromatic carbocycles. The summed E-state index contributed by atoms with van der Waals surface area (Å²) >= 11 is 0. The quantitative estimate of drug-likeness (QED) is 0.292. The molecule has 1 fully saturated rings. The number of hydrogen-bond acceptors (Lipinski definition) is 5. The predicted molar refractivity (Wildman–Crippen MR) is 133 cm³/mol. The van der Waals surface area contributed by atoms with Crippen LogP contribution >= 0.6 is 0 Å². The normalized spacial score (nSPS) is 31.6. The zero-order valence-electron chi connectivity index (χ0n) is 20.8. The first-order valence-corrected chi connectivity index (χ1v) is 12.5. The van der Waals surface area contributed by atoms with Gasteiger partial charge in [-0.25, -0.2) is 0 Å². The van der Waals surface area contributed by atoms with Crippen molar-refractivity contribution in [3.63, 3.8) is 0 Å². The third kappa shape index (κ3) is 4.21. The number of nitrogens with one attached hydrogen (secondary N) is 1. The number of hydrogen-bond donors (Lipinski definition) is 3. The van der Waals surface area contributed by atoms with Crippen molar-refractivity contribution in [2.24, 2.45) is 22.7 Å².